The van der Waals surface area contributed by atoms with Crippen LogP contribution in [0.2, 0.25) is 0 Å². The van der Waals surface area contributed by atoms with Crippen LogP contribution in [0.15, 0.2) is 47.5 Å². The molecule has 1 aliphatic heterocycles. The molecular formula is C17H19N3O4. The van der Waals surface area contributed by atoms with E-state index in [9.17, 15) is 9.59 Å². The van der Waals surface area contributed by atoms with E-state index in [-0.39, 0.29) is 18.6 Å². The highest BCUT2D eigenvalue weighted by atomic mass is 16.5. The molecule has 1 aromatic carbocycles. The molecule has 0 bridgehead atoms. The number of carbonyl (C=O) groups excluding carboxylic acids is 1. The SMILES string of the molecule is O=C(Cn1cccnc1=O)Nc1ccccc1OCC1CCCO1. The van der Waals surface area contributed by atoms with Gasteiger partial charge in [0.05, 0.1) is 11.8 Å². The van der Waals surface area contributed by atoms with Crippen LogP contribution in [-0.2, 0) is 16.1 Å². The van der Waals surface area contributed by atoms with Gasteiger partial charge in [0.25, 0.3) is 0 Å². The van der Waals surface area contributed by atoms with Crippen LogP contribution in [0.3, 0.4) is 0 Å². The fourth-order valence-electron chi connectivity index (χ4n) is 2.51. The molecule has 1 N–H and O–H groups in total. The third-order valence-corrected chi connectivity index (χ3v) is 3.71. The second kappa shape index (κ2) is 7.74. The molecule has 7 nitrogen and oxygen atoms in total. The second-order valence-corrected chi connectivity index (χ2v) is 5.52. The largest absolute Gasteiger partial charge is 0.489 e. The minimum Gasteiger partial charge on any atom is -0.489 e. The van der Waals surface area contributed by atoms with Crippen molar-refractivity contribution >= 4 is 11.6 Å². The number of amides is 1. The zero-order chi connectivity index (χ0) is 16.8. The molecule has 0 saturated carbocycles. The van der Waals surface area contributed by atoms with E-state index in [2.05, 4.69) is 10.3 Å². The Hall–Kier alpha value is -2.67. The average Bonchev–Trinajstić information content (AvgIpc) is 3.10. The topological polar surface area (TPSA) is 82.5 Å². The van der Waals surface area contributed by atoms with Gasteiger partial charge in [0, 0.05) is 19.0 Å². The Morgan fingerprint density at radius 1 is 1.38 bits per heavy atom. The lowest BCUT2D eigenvalue weighted by Crippen LogP contribution is -2.28. The minimum atomic E-state index is -0.462. The number of rotatable bonds is 6. The molecule has 24 heavy (non-hydrogen) atoms. The van der Waals surface area contributed by atoms with Crippen LogP contribution in [-0.4, -0.2) is 34.8 Å². The number of aromatic nitrogens is 2. The highest BCUT2D eigenvalue weighted by Gasteiger charge is 2.17. The molecule has 126 valence electrons. The van der Waals surface area contributed by atoms with Crippen LogP contribution in [0.5, 0.6) is 5.75 Å². The van der Waals surface area contributed by atoms with Gasteiger partial charge >= 0.3 is 5.69 Å². The van der Waals surface area contributed by atoms with Gasteiger partial charge in [-0.1, -0.05) is 12.1 Å². The molecule has 1 atom stereocenters. The smallest absolute Gasteiger partial charge is 0.347 e. The first-order chi connectivity index (χ1) is 11.7. The summed E-state index contributed by atoms with van der Waals surface area (Å²) in [6.07, 6.45) is 5.05. The number of anilines is 1. The van der Waals surface area contributed by atoms with Gasteiger partial charge < -0.3 is 14.8 Å². The molecule has 2 aromatic rings. The van der Waals surface area contributed by atoms with Crippen molar-refractivity contribution in [1.29, 1.82) is 0 Å². The fourth-order valence-corrected chi connectivity index (χ4v) is 2.51. The number of nitrogens with zero attached hydrogens (tertiary/aromatic N) is 2. The molecule has 0 spiro atoms. The van der Waals surface area contributed by atoms with Gasteiger partial charge in [-0.05, 0) is 31.0 Å². The molecule has 1 unspecified atom stereocenters. The summed E-state index contributed by atoms with van der Waals surface area (Å²) in [6, 6.07) is 8.81. The molecule has 0 aliphatic carbocycles. The van der Waals surface area contributed by atoms with E-state index in [1.807, 2.05) is 12.1 Å². The highest BCUT2D eigenvalue weighted by molar-refractivity contribution is 5.92. The summed E-state index contributed by atoms with van der Waals surface area (Å²) in [7, 11) is 0. The first-order valence-electron chi connectivity index (χ1n) is 7.87. The van der Waals surface area contributed by atoms with Gasteiger partial charge in [-0.2, -0.15) is 0 Å². The summed E-state index contributed by atoms with van der Waals surface area (Å²) >= 11 is 0. The van der Waals surface area contributed by atoms with E-state index in [0.717, 1.165) is 19.4 Å². The maximum absolute atomic E-state index is 12.2. The number of ether oxygens (including phenoxy) is 2. The Morgan fingerprint density at radius 2 is 2.25 bits per heavy atom. The van der Waals surface area contributed by atoms with Crippen molar-refractivity contribution in [1.82, 2.24) is 9.55 Å². The summed E-state index contributed by atoms with van der Waals surface area (Å²) in [5, 5.41) is 2.77. The zero-order valence-corrected chi connectivity index (χ0v) is 13.2. The number of para-hydroxylation sites is 2. The summed E-state index contributed by atoms with van der Waals surface area (Å²) < 4.78 is 12.5. The number of nitrogens with one attached hydrogen (secondary N) is 1. The summed E-state index contributed by atoms with van der Waals surface area (Å²) in [5.74, 6) is 0.262. The number of hydrogen-bond acceptors (Lipinski definition) is 5. The third-order valence-electron chi connectivity index (χ3n) is 3.71. The standard InChI is InChI=1S/C17H19N3O4/c21-16(11-20-9-4-8-18-17(20)22)19-14-6-1-2-7-15(14)24-12-13-5-3-10-23-13/h1-2,4,6-9,13H,3,5,10-12H2,(H,19,21). The van der Waals surface area contributed by atoms with Crippen LogP contribution >= 0.6 is 0 Å². The van der Waals surface area contributed by atoms with Crippen molar-refractivity contribution in [3.8, 4) is 5.75 Å². The fraction of sp³-hybridized carbons (Fsp3) is 0.353. The van der Waals surface area contributed by atoms with Gasteiger partial charge in [-0.15, -0.1) is 0 Å². The Bertz CT molecular complexity index is 753. The third kappa shape index (κ3) is 4.20. The molecule has 1 aliphatic rings. The first-order valence-corrected chi connectivity index (χ1v) is 7.87. The molecule has 3 rings (SSSR count). The van der Waals surface area contributed by atoms with Gasteiger partial charge in [-0.3, -0.25) is 9.36 Å². The van der Waals surface area contributed by atoms with Crippen LogP contribution in [0.1, 0.15) is 12.8 Å². The molecule has 1 aromatic heterocycles. The zero-order valence-electron chi connectivity index (χ0n) is 13.2. The summed E-state index contributed by atoms with van der Waals surface area (Å²) in [5.41, 5.74) is 0.105. The van der Waals surface area contributed by atoms with E-state index in [0.29, 0.717) is 18.0 Å². The number of carbonyl (C=O) groups is 1. The van der Waals surface area contributed by atoms with Crippen molar-refractivity contribution < 1.29 is 14.3 Å². The normalized spacial score (nSPS) is 16.8. The predicted molar refractivity (Wildman–Crippen MR) is 88.0 cm³/mol. The second-order valence-electron chi connectivity index (χ2n) is 5.52. The maximum Gasteiger partial charge on any atom is 0.347 e. The minimum absolute atomic E-state index is 0.0997. The van der Waals surface area contributed by atoms with Crippen molar-refractivity contribution in [3.63, 3.8) is 0 Å². The molecule has 0 radical (unpaired) electrons. The van der Waals surface area contributed by atoms with Gasteiger partial charge in [0.15, 0.2) is 0 Å². The monoisotopic (exact) mass is 329 g/mol. The van der Waals surface area contributed by atoms with Crippen molar-refractivity contribution in [2.45, 2.75) is 25.5 Å². The Kier molecular flexibility index (Phi) is 5.22. The lowest BCUT2D eigenvalue weighted by Gasteiger charge is -2.15. The van der Waals surface area contributed by atoms with Crippen molar-refractivity contribution in [2.24, 2.45) is 0 Å². The van der Waals surface area contributed by atoms with Crippen molar-refractivity contribution in [3.05, 3.63) is 53.2 Å². The van der Waals surface area contributed by atoms with E-state index >= 15 is 0 Å². The molecule has 2 heterocycles. The maximum atomic E-state index is 12.2. The molecule has 1 saturated heterocycles. The summed E-state index contributed by atoms with van der Waals surface area (Å²) in [4.78, 5) is 27.3. The number of hydrogen-bond donors (Lipinski definition) is 1. The van der Waals surface area contributed by atoms with Gasteiger partial charge in [0.2, 0.25) is 5.91 Å². The van der Waals surface area contributed by atoms with Gasteiger partial charge in [-0.25, -0.2) is 9.78 Å². The van der Waals surface area contributed by atoms with E-state index in [1.165, 1.54) is 17.0 Å². The van der Waals surface area contributed by atoms with E-state index in [1.54, 1.807) is 18.2 Å². The average molecular weight is 329 g/mol. The van der Waals surface area contributed by atoms with Crippen molar-refractivity contribution in [2.75, 3.05) is 18.5 Å². The molecule has 7 heteroatoms. The van der Waals surface area contributed by atoms with E-state index < -0.39 is 5.69 Å². The van der Waals surface area contributed by atoms with E-state index in [4.69, 9.17) is 9.47 Å². The summed E-state index contributed by atoms with van der Waals surface area (Å²) in [6.45, 7) is 1.12. The number of benzene rings is 1. The lowest BCUT2D eigenvalue weighted by atomic mass is 10.2. The van der Waals surface area contributed by atoms with Gasteiger partial charge in [0.1, 0.15) is 18.9 Å². The van der Waals surface area contributed by atoms with Crippen LogP contribution in [0.4, 0.5) is 5.69 Å². The molecule has 1 amide bonds. The Balaban J connectivity index is 1.62. The van der Waals surface area contributed by atoms with Crippen LogP contribution in [0, 0.1) is 0 Å². The first kappa shape index (κ1) is 16.2. The quantitative estimate of drug-likeness (QED) is 0.867. The predicted octanol–water partition coefficient (Wildman–Crippen LogP) is 1.44. The van der Waals surface area contributed by atoms with Crippen LogP contribution < -0.4 is 15.7 Å². The van der Waals surface area contributed by atoms with Crippen LogP contribution in [0.25, 0.3) is 0 Å². The Labute approximate surface area is 139 Å². The Morgan fingerprint density at radius 3 is 3.04 bits per heavy atom. The molecular weight excluding hydrogens is 310 g/mol. The highest BCUT2D eigenvalue weighted by Crippen LogP contribution is 2.25. The lowest BCUT2D eigenvalue weighted by molar-refractivity contribution is -0.116. The molecule has 1 fully saturated rings.